The fourth-order valence-corrected chi connectivity index (χ4v) is 3.05. The van der Waals surface area contributed by atoms with Crippen molar-refractivity contribution in [3.8, 4) is 5.75 Å². The molecule has 0 spiro atoms. The molecule has 0 aliphatic rings. The van der Waals surface area contributed by atoms with Crippen molar-refractivity contribution in [1.82, 2.24) is 0 Å². The number of ketones is 1. The molecule has 0 fully saturated rings. The van der Waals surface area contributed by atoms with E-state index in [9.17, 15) is 9.36 Å². The van der Waals surface area contributed by atoms with E-state index in [0.29, 0.717) is 16.6 Å². The molecule has 0 bridgehead atoms. The normalized spacial score (nSPS) is 13.6. The average Bonchev–Trinajstić information content (AvgIpc) is 2.40. The largest absolute Gasteiger partial charge is 0.440 e. The minimum atomic E-state index is -2.89. The van der Waals surface area contributed by atoms with Crippen LogP contribution in [0.4, 0.5) is 0 Å². The molecule has 19 heavy (non-hydrogen) atoms. The summed E-state index contributed by atoms with van der Waals surface area (Å²) >= 11 is 0. The standard InChI is InChI=1S/C15H15O3P/c1-12(16)13-8-10-14(11-9-13)18-19(2,17)15-6-4-3-5-7-15/h3-11H,1-2H3/t19-/m1/s1. The van der Waals surface area contributed by atoms with Crippen LogP contribution in [-0.4, -0.2) is 12.4 Å². The van der Waals surface area contributed by atoms with E-state index in [4.69, 9.17) is 4.52 Å². The molecule has 0 saturated carbocycles. The van der Waals surface area contributed by atoms with E-state index in [1.807, 2.05) is 18.2 Å². The number of hydrogen-bond donors (Lipinski definition) is 0. The van der Waals surface area contributed by atoms with Crippen molar-refractivity contribution in [2.24, 2.45) is 0 Å². The third-order valence-corrected chi connectivity index (χ3v) is 4.56. The number of Topliss-reactive ketones (excluding diaryl/α,β-unsaturated/α-hetero) is 1. The molecule has 2 aromatic rings. The molecule has 0 aromatic heterocycles. The summed E-state index contributed by atoms with van der Waals surface area (Å²) in [5, 5.41) is 0.672. The highest BCUT2D eigenvalue weighted by atomic mass is 31.2. The van der Waals surface area contributed by atoms with Crippen LogP contribution in [-0.2, 0) is 4.57 Å². The Bertz CT molecular complexity index is 618. The molecule has 0 unspecified atom stereocenters. The van der Waals surface area contributed by atoms with Gasteiger partial charge in [0.05, 0.1) is 0 Å². The van der Waals surface area contributed by atoms with Crippen LogP contribution in [0, 0.1) is 0 Å². The summed E-state index contributed by atoms with van der Waals surface area (Å²) in [7, 11) is -2.89. The maximum Gasteiger partial charge on any atom is 0.274 e. The summed E-state index contributed by atoms with van der Waals surface area (Å²) in [5.74, 6) is 0.494. The molecule has 2 aromatic carbocycles. The lowest BCUT2D eigenvalue weighted by Gasteiger charge is -2.15. The first-order valence-corrected chi connectivity index (χ1v) is 8.00. The van der Waals surface area contributed by atoms with Crippen LogP contribution in [0.1, 0.15) is 17.3 Å². The molecule has 0 radical (unpaired) electrons. The second-order valence-corrected chi connectivity index (χ2v) is 6.74. The van der Waals surface area contributed by atoms with Gasteiger partial charge >= 0.3 is 0 Å². The number of carbonyl (C=O) groups is 1. The van der Waals surface area contributed by atoms with Crippen molar-refractivity contribution < 1.29 is 13.9 Å². The summed E-state index contributed by atoms with van der Waals surface area (Å²) < 4.78 is 18.1. The zero-order valence-corrected chi connectivity index (χ0v) is 11.8. The molecule has 0 aliphatic carbocycles. The smallest absolute Gasteiger partial charge is 0.274 e. The Kier molecular flexibility index (Phi) is 3.87. The summed E-state index contributed by atoms with van der Waals surface area (Å²) in [5.41, 5.74) is 0.609. The van der Waals surface area contributed by atoms with E-state index < -0.39 is 7.37 Å². The van der Waals surface area contributed by atoms with E-state index in [2.05, 4.69) is 0 Å². The minimum Gasteiger partial charge on any atom is -0.440 e. The van der Waals surface area contributed by atoms with Crippen molar-refractivity contribution in [3.63, 3.8) is 0 Å². The molecule has 0 aliphatic heterocycles. The van der Waals surface area contributed by atoms with Gasteiger partial charge in [0.2, 0.25) is 0 Å². The van der Waals surface area contributed by atoms with Gasteiger partial charge in [0.25, 0.3) is 7.37 Å². The third kappa shape index (κ3) is 3.33. The highest BCUT2D eigenvalue weighted by Crippen LogP contribution is 2.41. The van der Waals surface area contributed by atoms with Crippen molar-refractivity contribution in [2.45, 2.75) is 6.92 Å². The maximum atomic E-state index is 12.5. The van der Waals surface area contributed by atoms with E-state index in [0.717, 1.165) is 0 Å². The van der Waals surface area contributed by atoms with E-state index in [1.165, 1.54) is 6.92 Å². The van der Waals surface area contributed by atoms with Gasteiger partial charge in [-0.3, -0.25) is 9.36 Å². The fraction of sp³-hybridized carbons (Fsp3) is 0.133. The summed E-state index contributed by atoms with van der Waals surface area (Å²) in [4.78, 5) is 11.2. The Labute approximate surface area is 112 Å². The van der Waals surface area contributed by atoms with Gasteiger partial charge in [-0.05, 0) is 43.3 Å². The van der Waals surface area contributed by atoms with Gasteiger partial charge in [-0.15, -0.1) is 0 Å². The Balaban J connectivity index is 2.21. The van der Waals surface area contributed by atoms with Crippen LogP contribution in [0.5, 0.6) is 5.75 Å². The highest BCUT2D eigenvalue weighted by Gasteiger charge is 2.20. The maximum absolute atomic E-state index is 12.5. The van der Waals surface area contributed by atoms with Crippen molar-refractivity contribution >= 4 is 18.5 Å². The lowest BCUT2D eigenvalue weighted by molar-refractivity contribution is 0.101. The van der Waals surface area contributed by atoms with Crippen molar-refractivity contribution in [3.05, 3.63) is 60.2 Å². The molecule has 0 N–H and O–H groups in total. The SMILES string of the molecule is CC(=O)c1ccc(O[P@@](C)(=O)c2ccccc2)cc1. The quantitative estimate of drug-likeness (QED) is 0.633. The zero-order chi connectivity index (χ0) is 13.9. The molecule has 0 saturated heterocycles. The predicted molar refractivity (Wildman–Crippen MR) is 76.7 cm³/mol. The fourth-order valence-electron chi connectivity index (χ4n) is 1.70. The van der Waals surface area contributed by atoms with Crippen LogP contribution in [0.2, 0.25) is 0 Å². The summed E-state index contributed by atoms with van der Waals surface area (Å²) in [6.45, 7) is 3.09. The molecule has 0 amide bonds. The van der Waals surface area contributed by atoms with Crippen LogP contribution < -0.4 is 9.83 Å². The molecule has 2 rings (SSSR count). The monoisotopic (exact) mass is 274 g/mol. The topological polar surface area (TPSA) is 43.4 Å². The molecule has 98 valence electrons. The van der Waals surface area contributed by atoms with Gasteiger partial charge in [0.1, 0.15) is 5.75 Å². The Morgan fingerprint density at radius 1 is 1.00 bits per heavy atom. The number of rotatable bonds is 4. The first kappa shape index (κ1) is 13.6. The molecular weight excluding hydrogens is 259 g/mol. The Morgan fingerprint density at radius 2 is 1.58 bits per heavy atom. The summed E-state index contributed by atoms with van der Waals surface area (Å²) in [6, 6.07) is 15.7. The zero-order valence-electron chi connectivity index (χ0n) is 10.9. The molecule has 3 nitrogen and oxygen atoms in total. The second kappa shape index (κ2) is 5.41. The third-order valence-electron chi connectivity index (χ3n) is 2.77. The number of benzene rings is 2. The lowest BCUT2D eigenvalue weighted by atomic mass is 10.1. The van der Waals surface area contributed by atoms with Gasteiger partial charge in [-0.1, -0.05) is 18.2 Å². The van der Waals surface area contributed by atoms with Crippen LogP contribution in [0.3, 0.4) is 0 Å². The van der Waals surface area contributed by atoms with Gasteiger partial charge in [-0.2, -0.15) is 0 Å². The minimum absolute atomic E-state index is 0.00529. The molecule has 0 heterocycles. The predicted octanol–water partition coefficient (Wildman–Crippen LogP) is 3.50. The number of carbonyl (C=O) groups excluding carboxylic acids is 1. The second-order valence-electron chi connectivity index (χ2n) is 4.35. The van der Waals surface area contributed by atoms with Crippen LogP contribution in [0.25, 0.3) is 0 Å². The summed E-state index contributed by atoms with van der Waals surface area (Å²) in [6.07, 6.45) is 0. The first-order valence-electron chi connectivity index (χ1n) is 5.93. The van der Waals surface area contributed by atoms with E-state index in [1.54, 1.807) is 43.1 Å². The lowest BCUT2D eigenvalue weighted by Crippen LogP contribution is -2.07. The Morgan fingerprint density at radius 3 is 2.11 bits per heavy atom. The van der Waals surface area contributed by atoms with Gasteiger partial charge in [0, 0.05) is 17.5 Å². The van der Waals surface area contributed by atoms with E-state index in [-0.39, 0.29) is 5.78 Å². The van der Waals surface area contributed by atoms with Crippen LogP contribution in [0.15, 0.2) is 54.6 Å². The first-order chi connectivity index (χ1) is 8.99. The molecule has 4 heteroatoms. The van der Waals surface area contributed by atoms with Gasteiger partial charge in [0.15, 0.2) is 5.78 Å². The Hall–Kier alpha value is -1.86. The van der Waals surface area contributed by atoms with Gasteiger partial charge < -0.3 is 4.52 Å². The highest BCUT2D eigenvalue weighted by molar-refractivity contribution is 7.66. The molecular formula is C15H15O3P. The van der Waals surface area contributed by atoms with E-state index >= 15 is 0 Å². The van der Waals surface area contributed by atoms with Crippen molar-refractivity contribution in [1.29, 1.82) is 0 Å². The van der Waals surface area contributed by atoms with Crippen molar-refractivity contribution in [2.75, 3.05) is 6.66 Å². The van der Waals surface area contributed by atoms with Gasteiger partial charge in [-0.25, -0.2) is 0 Å². The molecule has 1 atom stereocenters. The van der Waals surface area contributed by atoms with Crippen LogP contribution >= 0.6 is 7.37 Å². The number of hydrogen-bond acceptors (Lipinski definition) is 3. The average molecular weight is 274 g/mol.